The van der Waals surface area contributed by atoms with Gasteiger partial charge in [-0.05, 0) is 18.2 Å². The maximum absolute atomic E-state index is 12.4. The number of carbonyl (C=O) groups is 3. The Bertz CT molecular complexity index is 777. The molecule has 2 rings (SSSR count). The fourth-order valence-electron chi connectivity index (χ4n) is 1.94. The number of nitrogens with zero attached hydrogens (tertiary/aromatic N) is 1. The molecule has 1 aromatic carbocycles. The molecule has 132 valence electrons. The number of carboxylic acids is 1. The van der Waals surface area contributed by atoms with E-state index in [1.807, 2.05) is 0 Å². The summed E-state index contributed by atoms with van der Waals surface area (Å²) in [5, 5.41) is 30.0. The first-order chi connectivity index (χ1) is 11.8. The second-order valence-electron chi connectivity index (χ2n) is 5.00. The lowest BCUT2D eigenvalue weighted by Gasteiger charge is -2.13. The first-order valence-corrected chi connectivity index (χ1v) is 8.26. The summed E-state index contributed by atoms with van der Waals surface area (Å²) in [4.78, 5) is 35.9. The number of phenols is 2. The van der Waals surface area contributed by atoms with Gasteiger partial charge in [0.15, 0.2) is 0 Å². The lowest BCUT2D eigenvalue weighted by molar-refractivity contribution is -0.137. The normalized spacial score (nSPS) is 15.7. The fourth-order valence-corrected chi connectivity index (χ4v) is 3.19. The van der Waals surface area contributed by atoms with Crippen LogP contribution in [0.5, 0.6) is 11.5 Å². The van der Waals surface area contributed by atoms with E-state index in [2.05, 4.69) is 5.32 Å². The van der Waals surface area contributed by atoms with Gasteiger partial charge in [0.05, 0.1) is 11.3 Å². The number of aromatic hydroxyl groups is 2. The summed E-state index contributed by atoms with van der Waals surface area (Å²) in [7, 11) is 0. The van der Waals surface area contributed by atoms with Gasteiger partial charge in [0.25, 0.3) is 5.91 Å². The smallest absolute Gasteiger partial charge is 0.305 e. The summed E-state index contributed by atoms with van der Waals surface area (Å²) in [6, 6.07) is 3.94. The number of aliphatic carboxylic acids is 1. The molecule has 1 fully saturated rings. The topological polar surface area (TPSA) is 127 Å². The quantitative estimate of drug-likeness (QED) is 0.422. The van der Waals surface area contributed by atoms with Crippen molar-refractivity contribution in [2.45, 2.75) is 6.42 Å². The zero-order valence-corrected chi connectivity index (χ0v) is 14.4. The Morgan fingerprint density at radius 3 is 2.68 bits per heavy atom. The molecule has 8 nitrogen and oxygen atoms in total. The number of thiocarbonyl (C=S) groups is 1. The second-order valence-corrected chi connectivity index (χ2v) is 6.68. The minimum Gasteiger partial charge on any atom is -0.508 e. The van der Waals surface area contributed by atoms with Crippen molar-refractivity contribution >= 4 is 52.2 Å². The largest absolute Gasteiger partial charge is 0.508 e. The molecule has 1 aliphatic heterocycles. The molecule has 0 aromatic heterocycles. The molecule has 1 aromatic rings. The van der Waals surface area contributed by atoms with Crippen LogP contribution in [0.4, 0.5) is 0 Å². The van der Waals surface area contributed by atoms with E-state index in [1.54, 1.807) is 0 Å². The van der Waals surface area contributed by atoms with Gasteiger partial charge < -0.3 is 20.6 Å². The molecular weight excluding hydrogens is 368 g/mol. The van der Waals surface area contributed by atoms with Crippen molar-refractivity contribution in [2.75, 3.05) is 13.1 Å². The molecule has 4 N–H and O–H groups in total. The molecule has 0 bridgehead atoms. The highest BCUT2D eigenvalue weighted by molar-refractivity contribution is 8.26. The van der Waals surface area contributed by atoms with E-state index in [0.717, 1.165) is 22.7 Å². The van der Waals surface area contributed by atoms with Crippen LogP contribution in [0.1, 0.15) is 12.0 Å². The number of benzene rings is 1. The van der Waals surface area contributed by atoms with Crippen molar-refractivity contribution in [1.82, 2.24) is 10.2 Å². The van der Waals surface area contributed by atoms with Crippen LogP contribution in [0.2, 0.25) is 0 Å². The first kappa shape index (κ1) is 18.7. The predicted molar refractivity (Wildman–Crippen MR) is 94.9 cm³/mol. The maximum atomic E-state index is 12.4. The van der Waals surface area contributed by atoms with Crippen LogP contribution in [0.15, 0.2) is 23.1 Å². The lowest BCUT2D eigenvalue weighted by atomic mass is 10.1. The molecule has 0 atom stereocenters. The number of rotatable bonds is 6. The molecule has 1 saturated heterocycles. The van der Waals surface area contributed by atoms with Crippen LogP contribution in [0.25, 0.3) is 6.08 Å². The Morgan fingerprint density at radius 1 is 1.32 bits per heavy atom. The van der Waals surface area contributed by atoms with Crippen LogP contribution in [-0.2, 0) is 14.4 Å². The standard InChI is InChI=1S/C15H14N2O6S2/c18-9-2-1-8(10(19)6-9)5-11-14(23)17(15(24)25-11)7-12(20)16-4-3-13(21)22/h1-2,5-6,18-19H,3-4,7H2,(H,16,20)(H,21,22)/b11-5-. The van der Waals surface area contributed by atoms with Gasteiger partial charge in [-0.2, -0.15) is 0 Å². The van der Waals surface area contributed by atoms with Crippen LogP contribution >= 0.6 is 24.0 Å². The van der Waals surface area contributed by atoms with Crippen LogP contribution in [0, 0.1) is 0 Å². The van der Waals surface area contributed by atoms with E-state index in [-0.39, 0.29) is 40.2 Å². The summed E-state index contributed by atoms with van der Waals surface area (Å²) < 4.78 is 0.183. The number of carbonyl (C=O) groups excluding carboxylic acids is 2. The number of carboxylic acid groups (broad SMARTS) is 1. The minimum atomic E-state index is -1.04. The van der Waals surface area contributed by atoms with Crippen molar-refractivity contribution in [3.8, 4) is 11.5 Å². The van der Waals surface area contributed by atoms with E-state index < -0.39 is 17.8 Å². The number of thioether (sulfide) groups is 1. The highest BCUT2D eigenvalue weighted by atomic mass is 32.2. The zero-order valence-electron chi connectivity index (χ0n) is 12.8. The minimum absolute atomic E-state index is 0.0415. The molecule has 0 saturated carbocycles. The molecule has 0 unspecified atom stereocenters. The van der Waals surface area contributed by atoms with Crippen LogP contribution < -0.4 is 5.32 Å². The van der Waals surface area contributed by atoms with Gasteiger partial charge in [0, 0.05) is 18.2 Å². The number of amides is 2. The van der Waals surface area contributed by atoms with Crippen LogP contribution in [-0.4, -0.2) is 55.4 Å². The van der Waals surface area contributed by atoms with Gasteiger partial charge in [-0.1, -0.05) is 24.0 Å². The molecule has 10 heteroatoms. The molecule has 25 heavy (non-hydrogen) atoms. The number of hydrogen-bond acceptors (Lipinski definition) is 7. The molecular formula is C15H14N2O6S2. The van der Waals surface area contributed by atoms with E-state index in [4.69, 9.17) is 17.3 Å². The first-order valence-electron chi connectivity index (χ1n) is 7.04. The molecule has 1 heterocycles. The third-order valence-corrected chi connectivity index (χ3v) is 4.51. The van der Waals surface area contributed by atoms with Gasteiger partial charge in [0.1, 0.15) is 22.4 Å². The summed E-state index contributed by atoms with van der Waals surface area (Å²) in [5.41, 5.74) is 0.323. The van der Waals surface area contributed by atoms with E-state index in [1.165, 1.54) is 18.2 Å². The van der Waals surface area contributed by atoms with Gasteiger partial charge in [0.2, 0.25) is 5.91 Å². The summed E-state index contributed by atoms with van der Waals surface area (Å²) >= 11 is 6.07. The number of hydrogen-bond donors (Lipinski definition) is 4. The van der Waals surface area contributed by atoms with E-state index in [0.29, 0.717) is 5.56 Å². The van der Waals surface area contributed by atoms with Gasteiger partial charge in [-0.25, -0.2) is 0 Å². The monoisotopic (exact) mass is 382 g/mol. The molecule has 0 radical (unpaired) electrons. The predicted octanol–water partition coefficient (Wildman–Crippen LogP) is 0.890. The third kappa shape index (κ3) is 4.94. The highest BCUT2D eigenvalue weighted by Gasteiger charge is 2.33. The van der Waals surface area contributed by atoms with E-state index in [9.17, 15) is 24.6 Å². The average molecular weight is 382 g/mol. The Morgan fingerprint density at radius 2 is 2.04 bits per heavy atom. The lowest BCUT2D eigenvalue weighted by Crippen LogP contribution is -2.40. The fraction of sp³-hybridized carbons (Fsp3) is 0.200. The molecule has 2 amide bonds. The zero-order chi connectivity index (χ0) is 18.6. The third-order valence-electron chi connectivity index (χ3n) is 3.14. The SMILES string of the molecule is O=C(O)CCNC(=O)CN1C(=O)/C(=C/c2ccc(O)cc2O)SC1=S. The van der Waals surface area contributed by atoms with Crippen molar-refractivity contribution in [3.63, 3.8) is 0 Å². The van der Waals surface area contributed by atoms with Crippen molar-refractivity contribution in [2.24, 2.45) is 0 Å². The second kappa shape index (κ2) is 7.99. The molecule has 1 aliphatic rings. The van der Waals surface area contributed by atoms with Crippen molar-refractivity contribution in [1.29, 1.82) is 0 Å². The van der Waals surface area contributed by atoms with Crippen molar-refractivity contribution in [3.05, 3.63) is 28.7 Å². The van der Waals surface area contributed by atoms with Crippen molar-refractivity contribution < 1.29 is 29.7 Å². The van der Waals surface area contributed by atoms with Gasteiger partial charge in [-0.3, -0.25) is 19.3 Å². The highest BCUT2D eigenvalue weighted by Crippen LogP contribution is 2.34. The van der Waals surface area contributed by atoms with E-state index >= 15 is 0 Å². The Balaban J connectivity index is 2.05. The Hall–Kier alpha value is -2.59. The molecule has 0 aliphatic carbocycles. The Kier molecular flexibility index (Phi) is 5.99. The van der Waals surface area contributed by atoms with Gasteiger partial charge in [-0.15, -0.1) is 0 Å². The van der Waals surface area contributed by atoms with Crippen LogP contribution in [0.3, 0.4) is 0 Å². The average Bonchev–Trinajstić information content (AvgIpc) is 2.77. The van der Waals surface area contributed by atoms with Gasteiger partial charge >= 0.3 is 5.97 Å². The summed E-state index contributed by atoms with van der Waals surface area (Å²) in [6.45, 7) is -0.358. The maximum Gasteiger partial charge on any atom is 0.305 e. The summed E-state index contributed by atoms with van der Waals surface area (Å²) in [6.07, 6.45) is 1.20. The number of phenolic OH excluding ortho intramolecular Hbond substituents is 2. The summed E-state index contributed by atoms with van der Waals surface area (Å²) in [5.74, 6) is -2.36. The Labute approximate surface area is 152 Å². The number of nitrogens with one attached hydrogen (secondary N) is 1. The molecule has 0 spiro atoms.